The van der Waals surface area contributed by atoms with Crippen molar-refractivity contribution in [2.45, 2.75) is 6.92 Å². The van der Waals surface area contributed by atoms with E-state index in [1.807, 2.05) is 31.2 Å². The number of hydrogen-bond acceptors (Lipinski definition) is 4. The van der Waals surface area contributed by atoms with Crippen LogP contribution in [0, 0.1) is 22.4 Å². The second-order valence-electron chi connectivity index (χ2n) is 4.36. The molecule has 0 saturated heterocycles. The van der Waals surface area contributed by atoms with E-state index in [0.29, 0.717) is 11.3 Å². The molecule has 0 radical (unpaired) electrons. The quantitative estimate of drug-likeness (QED) is 0.294. The van der Waals surface area contributed by atoms with Gasteiger partial charge in [0, 0.05) is 17.7 Å². The van der Waals surface area contributed by atoms with Crippen molar-refractivity contribution in [1.29, 1.82) is 5.41 Å². The van der Waals surface area contributed by atoms with E-state index in [-0.39, 0.29) is 11.5 Å². The minimum absolute atomic E-state index is 0.0135. The molecule has 102 valence electrons. The first-order valence-corrected chi connectivity index (χ1v) is 5.94. The zero-order chi connectivity index (χ0) is 14.7. The molecule has 0 unspecified atom stereocenters. The summed E-state index contributed by atoms with van der Waals surface area (Å²) in [6.45, 7) is 1.96. The maximum absolute atomic E-state index is 10.6. The van der Waals surface area contributed by atoms with Gasteiger partial charge in [0.2, 0.25) is 0 Å². The van der Waals surface area contributed by atoms with Crippen LogP contribution in [0.15, 0.2) is 48.5 Å². The van der Waals surface area contributed by atoms with Gasteiger partial charge in [0.25, 0.3) is 5.69 Å². The fourth-order valence-corrected chi connectivity index (χ4v) is 1.71. The van der Waals surface area contributed by atoms with Crippen LogP contribution in [0.4, 0.5) is 11.4 Å². The summed E-state index contributed by atoms with van der Waals surface area (Å²) in [6, 6.07) is 13.2. The maximum atomic E-state index is 10.6. The highest BCUT2D eigenvalue weighted by Crippen LogP contribution is 2.17. The molecule has 2 aromatic rings. The van der Waals surface area contributed by atoms with Gasteiger partial charge in [-0.1, -0.05) is 17.7 Å². The van der Waals surface area contributed by atoms with E-state index in [1.165, 1.54) is 29.3 Å². The molecule has 3 N–H and O–H groups in total. The zero-order valence-electron chi connectivity index (χ0n) is 10.9. The first-order valence-electron chi connectivity index (χ1n) is 5.94. The molecule has 0 amide bonds. The number of nitrogens with zero attached hydrogens (tertiary/aromatic N) is 2. The summed E-state index contributed by atoms with van der Waals surface area (Å²) < 4.78 is 0. The number of anilines is 1. The Bertz CT molecular complexity index is 635. The fraction of sp³-hybridized carbons (Fsp3) is 0.0714. The van der Waals surface area contributed by atoms with Gasteiger partial charge in [-0.3, -0.25) is 20.5 Å². The lowest BCUT2D eigenvalue weighted by molar-refractivity contribution is -0.384. The third-order valence-corrected chi connectivity index (χ3v) is 2.90. The van der Waals surface area contributed by atoms with Crippen molar-refractivity contribution in [2.75, 3.05) is 5.01 Å². The SMILES string of the molecule is Cc1ccc(N(N)C(=N)c2ccc([N+](=O)[O-])cc2)cc1. The van der Waals surface area contributed by atoms with Gasteiger partial charge in [-0.25, -0.2) is 5.84 Å². The van der Waals surface area contributed by atoms with Gasteiger partial charge in [-0.05, 0) is 31.2 Å². The molecule has 2 aromatic carbocycles. The molecule has 0 fully saturated rings. The predicted molar refractivity (Wildman–Crippen MR) is 77.8 cm³/mol. The molecule has 0 aromatic heterocycles. The van der Waals surface area contributed by atoms with E-state index >= 15 is 0 Å². The summed E-state index contributed by atoms with van der Waals surface area (Å²) in [4.78, 5) is 10.1. The molecule has 0 saturated carbocycles. The monoisotopic (exact) mass is 270 g/mol. The Balaban J connectivity index is 2.22. The molecular weight excluding hydrogens is 256 g/mol. The molecule has 0 atom stereocenters. The smallest absolute Gasteiger partial charge is 0.269 e. The van der Waals surface area contributed by atoms with E-state index in [1.54, 1.807) is 0 Å². The van der Waals surface area contributed by atoms with Gasteiger partial charge >= 0.3 is 0 Å². The van der Waals surface area contributed by atoms with Crippen molar-refractivity contribution in [3.05, 3.63) is 69.8 Å². The molecule has 0 aliphatic carbocycles. The van der Waals surface area contributed by atoms with Gasteiger partial charge in [0.05, 0.1) is 10.6 Å². The van der Waals surface area contributed by atoms with Crippen LogP contribution in [0.1, 0.15) is 11.1 Å². The molecule has 0 aliphatic heterocycles. The third-order valence-electron chi connectivity index (χ3n) is 2.90. The highest BCUT2D eigenvalue weighted by molar-refractivity contribution is 6.07. The standard InChI is InChI=1S/C14H14N4O2/c1-10-2-6-12(7-3-10)17(16)14(15)11-4-8-13(9-5-11)18(19)20/h2-9,15H,16H2,1H3. The number of nitro benzene ring substituents is 1. The fourth-order valence-electron chi connectivity index (χ4n) is 1.71. The van der Waals surface area contributed by atoms with E-state index in [9.17, 15) is 10.1 Å². The molecule has 0 spiro atoms. The number of nitrogens with two attached hydrogens (primary N) is 1. The molecule has 0 aliphatic rings. The number of benzene rings is 2. The summed E-state index contributed by atoms with van der Waals surface area (Å²) >= 11 is 0. The predicted octanol–water partition coefficient (Wildman–Crippen LogP) is 2.61. The highest BCUT2D eigenvalue weighted by atomic mass is 16.6. The largest absolute Gasteiger partial charge is 0.283 e. The van der Waals surface area contributed by atoms with Crippen LogP contribution in [-0.4, -0.2) is 10.8 Å². The van der Waals surface area contributed by atoms with Crippen molar-refractivity contribution in [3.8, 4) is 0 Å². The minimum Gasteiger partial charge on any atom is -0.283 e. The number of nitrogens with one attached hydrogen (secondary N) is 1. The van der Waals surface area contributed by atoms with Crippen LogP contribution in [0.2, 0.25) is 0 Å². The molecule has 6 nitrogen and oxygen atoms in total. The van der Waals surface area contributed by atoms with Crippen molar-refractivity contribution in [3.63, 3.8) is 0 Å². The van der Waals surface area contributed by atoms with Crippen LogP contribution in [-0.2, 0) is 0 Å². The van der Waals surface area contributed by atoms with Crippen LogP contribution in [0.3, 0.4) is 0 Å². The summed E-state index contributed by atoms with van der Waals surface area (Å²) in [5, 5.41) is 19.9. The Hall–Kier alpha value is -2.73. The van der Waals surface area contributed by atoms with E-state index in [0.717, 1.165) is 5.56 Å². The molecule has 2 rings (SSSR count). The summed E-state index contributed by atoms with van der Waals surface area (Å²) in [7, 11) is 0. The zero-order valence-corrected chi connectivity index (χ0v) is 10.9. The van der Waals surface area contributed by atoms with Gasteiger partial charge in [0.1, 0.15) is 5.84 Å². The summed E-state index contributed by atoms with van der Waals surface area (Å²) in [5.41, 5.74) is 2.28. The van der Waals surface area contributed by atoms with Crippen LogP contribution < -0.4 is 10.9 Å². The molecule has 20 heavy (non-hydrogen) atoms. The number of hydrazine groups is 1. The van der Waals surface area contributed by atoms with Crippen molar-refractivity contribution in [2.24, 2.45) is 5.84 Å². The lowest BCUT2D eigenvalue weighted by Crippen LogP contribution is -2.37. The third kappa shape index (κ3) is 2.81. The lowest BCUT2D eigenvalue weighted by atomic mass is 10.1. The van der Waals surface area contributed by atoms with E-state index in [2.05, 4.69) is 0 Å². The average molecular weight is 270 g/mol. The van der Waals surface area contributed by atoms with Gasteiger partial charge in [-0.15, -0.1) is 0 Å². The second kappa shape index (κ2) is 5.50. The van der Waals surface area contributed by atoms with Gasteiger partial charge in [-0.2, -0.15) is 0 Å². The lowest BCUT2D eigenvalue weighted by Gasteiger charge is -2.19. The van der Waals surface area contributed by atoms with Gasteiger partial charge < -0.3 is 0 Å². The number of aryl methyl sites for hydroxylation is 1. The Morgan fingerprint density at radius 3 is 2.20 bits per heavy atom. The van der Waals surface area contributed by atoms with Crippen LogP contribution in [0.25, 0.3) is 0 Å². The number of nitro groups is 1. The second-order valence-corrected chi connectivity index (χ2v) is 4.36. The van der Waals surface area contributed by atoms with Crippen molar-refractivity contribution in [1.82, 2.24) is 0 Å². The number of hydrogen-bond donors (Lipinski definition) is 2. The maximum Gasteiger partial charge on any atom is 0.269 e. The number of rotatable bonds is 3. The number of amidine groups is 1. The molecule has 0 heterocycles. The Morgan fingerprint density at radius 1 is 1.15 bits per heavy atom. The van der Waals surface area contributed by atoms with Crippen molar-refractivity contribution < 1.29 is 4.92 Å². The van der Waals surface area contributed by atoms with Gasteiger partial charge in [0.15, 0.2) is 0 Å². The van der Waals surface area contributed by atoms with Crippen LogP contribution >= 0.6 is 0 Å². The first kappa shape index (κ1) is 13.7. The normalized spacial score (nSPS) is 10.1. The summed E-state index contributed by atoms with van der Waals surface area (Å²) in [5.74, 6) is 5.97. The Labute approximate surface area is 116 Å². The summed E-state index contributed by atoms with van der Waals surface area (Å²) in [6.07, 6.45) is 0. The Kier molecular flexibility index (Phi) is 3.76. The van der Waals surface area contributed by atoms with E-state index in [4.69, 9.17) is 11.3 Å². The minimum atomic E-state index is -0.479. The Morgan fingerprint density at radius 2 is 1.70 bits per heavy atom. The van der Waals surface area contributed by atoms with Crippen molar-refractivity contribution >= 4 is 17.2 Å². The first-order chi connectivity index (χ1) is 9.49. The average Bonchev–Trinajstić information content (AvgIpc) is 2.46. The van der Waals surface area contributed by atoms with E-state index < -0.39 is 4.92 Å². The molecular formula is C14H14N4O2. The number of non-ortho nitro benzene ring substituents is 1. The molecule has 0 bridgehead atoms. The van der Waals surface area contributed by atoms with Crippen LogP contribution in [0.5, 0.6) is 0 Å². The highest BCUT2D eigenvalue weighted by Gasteiger charge is 2.12. The molecule has 6 heteroatoms. The topological polar surface area (TPSA) is 96.2 Å².